The second kappa shape index (κ2) is 8.79. The number of aromatic nitrogens is 3. The van der Waals surface area contributed by atoms with Crippen LogP contribution in [0, 0.1) is 11.3 Å². The number of carbonyl (C=O) groups is 2. The lowest BCUT2D eigenvalue weighted by atomic mass is 9.61. The number of piperidine rings is 1. The molecule has 160 valence electrons. The van der Waals surface area contributed by atoms with Gasteiger partial charge in [0.15, 0.2) is 0 Å². The summed E-state index contributed by atoms with van der Waals surface area (Å²) >= 11 is 0. The highest BCUT2D eigenvalue weighted by Gasteiger charge is 2.54. The van der Waals surface area contributed by atoms with E-state index in [1.54, 1.807) is 17.2 Å². The van der Waals surface area contributed by atoms with Crippen LogP contribution in [-0.2, 0) is 25.6 Å². The molecular formula is C20H31N5O4. The molecule has 9 nitrogen and oxygen atoms in total. The minimum absolute atomic E-state index is 0.00206. The third-order valence-electron chi connectivity index (χ3n) is 6.86. The van der Waals surface area contributed by atoms with Crippen LogP contribution in [0.5, 0.6) is 0 Å². The lowest BCUT2D eigenvalue weighted by molar-refractivity contribution is -0.171. The average Bonchev–Trinajstić information content (AvgIpc) is 3.26. The van der Waals surface area contributed by atoms with Crippen LogP contribution in [0.25, 0.3) is 0 Å². The molecule has 0 N–H and O–H groups in total. The maximum Gasteiger partial charge on any atom is 0.314 e. The second-order valence-electron chi connectivity index (χ2n) is 8.39. The first kappa shape index (κ1) is 20.3. The van der Waals surface area contributed by atoms with E-state index in [4.69, 9.17) is 9.47 Å². The van der Waals surface area contributed by atoms with Crippen LogP contribution in [0.3, 0.4) is 0 Å². The van der Waals surface area contributed by atoms with Crippen molar-refractivity contribution in [2.45, 2.75) is 45.2 Å². The molecule has 3 aliphatic rings. The van der Waals surface area contributed by atoms with Crippen molar-refractivity contribution >= 4 is 11.9 Å². The predicted molar refractivity (Wildman–Crippen MR) is 104 cm³/mol. The first-order valence-corrected chi connectivity index (χ1v) is 10.7. The average molecular weight is 405 g/mol. The van der Waals surface area contributed by atoms with Crippen molar-refractivity contribution in [3.63, 3.8) is 0 Å². The molecule has 1 saturated carbocycles. The van der Waals surface area contributed by atoms with E-state index >= 15 is 0 Å². The van der Waals surface area contributed by atoms with Crippen molar-refractivity contribution in [3.8, 4) is 0 Å². The van der Waals surface area contributed by atoms with E-state index in [0.29, 0.717) is 25.7 Å². The highest BCUT2D eigenvalue weighted by atomic mass is 16.5. The van der Waals surface area contributed by atoms with E-state index in [-0.39, 0.29) is 24.3 Å². The molecule has 3 heterocycles. The number of ether oxygens (including phenoxy) is 2. The maximum absolute atomic E-state index is 13.1. The van der Waals surface area contributed by atoms with Crippen LogP contribution < -0.4 is 0 Å². The minimum Gasteiger partial charge on any atom is -0.466 e. The van der Waals surface area contributed by atoms with Gasteiger partial charge >= 0.3 is 5.97 Å². The molecule has 0 bridgehead atoms. The number of hydrogen-bond acceptors (Lipinski definition) is 7. The summed E-state index contributed by atoms with van der Waals surface area (Å²) in [7, 11) is 0. The molecule has 2 saturated heterocycles. The number of fused-ring (bicyclic) bond motifs is 1. The third kappa shape index (κ3) is 4.16. The van der Waals surface area contributed by atoms with Gasteiger partial charge in [-0.05, 0) is 38.5 Å². The van der Waals surface area contributed by atoms with Gasteiger partial charge in [0.2, 0.25) is 5.91 Å². The molecule has 1 aromatic heterocycles. The van der Waals surface area contributed by atoms with Gasteiger partial charge in [-0.15, -0.1) is 10.2 Å². The van der Waals surface area contributed by atoms with Crippen LogP contribution in [0.2, 0.25) is 0 Å². The molecule has 0 spiro atoms. The predicted octanol–water partition coefficient (Wildman–Crippen LogP) is 0.561. The van der Waals surface area contributed by atoms with Crippen molar-refractivity contribution in [3.05, 3.63) is 12.7 Å². The molecule has 1 aromatic rings. The van der Waals surface area contributed by atoms with Gasteiger partial charge in [0.25, 0.3) is 0 Å². The summed E-state index contributed by atoms with van der Waals surface area (Å²) in [5.41, 5.74) is -0.583. The summed E-state index contributed by atoms with van der Waals surface area (Å²) in [6.45, 7) is 7.06. The minimum atomic E-state index is -0.583. The Morgan fingerprint density at radius 2 is 1.93 bits per heavy atom. The first-order chi connectivity index (χ1) is 14.1. The Balaban J connectivity index is 1.48. The Labute approximate surface area is 171 Å². The molecule has 1 amide bonds. The maximum atomic E-state index is 13.1. The molecule has 29 heavy (non-hydrogen) atoms. The molecule has 0 radical (unpaired) electrons. The quantitative estimate of drug-likeness (QED) is 0.661. The van der Waals surface area contributed by atoms with Crippen molar-refractivity contribution in [2.24, 2.45) is 11.3 Å². The summed E-state index contributed by atoms with van der Waals surface area (Å²) in [5.74, 6) is 0.122. The SMILES string of the molecule is CCOC(=O)[C@@]12CC[C@@H](N3CCOCC3)C[C@H]1CCN(C(=O)Cn1cnnc1)C2. The zero-order valence-electron chi connectivity index (χ0n) is 17.2. The Bertz CT molecular complexity index is 706. The van der Waals surface area contributed by atoms with Gasteiger partial charge in [-0.1, -0.05) is 0 Å². The second-order valence-corrected chi connectivity index (χ2v) is 8.39. The topological polar surface area (TPSA) is 89.8 Å². The summed E-state index contributed by atoms with van der Waals surface area (Å²) in [6.07, 6.45) is 6.65. The summed E-state index contributed by atoms with van der Waals surface area (Å²) < 4.78 is 12.7. The lowest BCUT2D eigenvalue weighted by Crippen LogP contribution is -2.60. The first-order valence-electron chi connectivity index (χ1n) is 10.7. The van der Waals surface area contributed by atoms with Gasteiger partial charge < -0.3 is 18.9 Å². The number of likely N-dealkylation sites (tertiary alicyclic amines) is 1. The van der Waals surface area contributed by atoms with Gasteiger partial charge in [-0.2, -0.15) is 0 Å². The van der Waals surface area contributed by atoms with E-state index in [2.05, 4.69) is 15.1 Å². The van der Waals surface area contributed by atoms with Crippen LogP contribution in [0.1, 0.15) is 32.6 Å². The molecule has 2 aliphatic heterocycles. The summed E-state index contributed by atoms with van der Waals surface area (Å²) in [4.78, 5) is 30.3. The van der Waals surface area contributed by atoms with Crippen molar-refractivity contribution in [1.82, 2.24) is 24.6 Å². The zero-order chi connectivity index (χ0) is 20.3. The Hall–Kier alpha value is -2.00. The zero-order valence-corrected chi connectivity index (χ0v) is 17.2. The van der Waals surface area contributed by atoms with Gasteiger partial charge in [-0.3, -0.25) is 14.5 Å². The Kier molecular flexibility index (Phi) is 6.15. The number of amides is 1. The van der Waals surface area contributed by atoms with Crippen LogP contribution in [0.4, 0.5) is 0 Å². The van der Waals surface area contributed by atoms with Gasteiger partial charge in [0, 0.05) is 32.2 Å². The summed E-state index contributed by atoms with van der Waals surface area (Å²) in [5, 5.41) is 7.52. The molecule has 4 rings (SSSR count). The van der Waals surface area contributed by atoms with Crippen LogP contribution >= 0.6 is 0 Å². The number of morpholine rings is 1. The highest BCUT2D eigenvalue weighted by Crippen LogP contribution is 2.48. The third-order valence-corrected chi connectivity index (χ3v) is 6.86. The number of esters is 1. The normalized spacial score (nSPS) is 30.6. The van der Waals surface area contributed by atoms with E-state index in [1.807, 2.05) is 11.8 Å². The standard InChI is InChI=1S/C20H31N5O4/c1-2-29-19(27)20-5-3-17(24-7-9-28-10-8-24)11-16(20)4-6-25(13-20)18(26)12-23-14-21-22-15-23/h14-17H,2-13H2,1H3/t16-,17-,20-/m1/s1. The fourth-order valence-electron chi connectivity index (χ4n) is 5.29. The number of nitrogens with zero attached hydrogens (tertiary/aromatic N) is 5. The smallest absolute Gasteiger partial charge is 0.314 e. The molecule has 3 atom stereocenters. The number of hydrogen-bond donors (Lipinski definition) is 0. The van der Waals surface area contributed by atoms with E-state index in [1.165, 1.54) is 0 Å². The highest BCUT2D eigenvalue weighted by molar-refractivity contribution is 5.81. The van der Waals surface area contributed by atoms with Gasteiger partial charge in [-0.25, -0.2) is 0 Å². The molecule has 3 fully saturated rings. The van der Waals surface area contributed by atoms with Crippen molar-refractivity contribution in [1.29, 1.82) is 0 Å². The summed E-state index contributed by atoms with van der Waals surface area (Å²) in [6, 6.07) is 0.491. The van der Waals surface area contributed by atoms with Crippen molar-refractivity contribution < 1.29 is 19.1 Å². The fraction of sp³-hybridized carbons (Fsp3) is 0.800. The molecule has 1 aliphatic carbocycles. The monoisotopic (exact) mass is 405 g/mol. The number of carbonyl (C=O) groups excluding carboxylic acids is 2. The van der Waals surface area contributed by atoms with Crippen molar-refractivity contribution in [2.75, 3.05) is 46.0 Å². The Morgan fingerprint density at radius 3 is 2.66 bits per heavy atom. The molecule has 0 aromatic carbocycles. The molecule has 9 heteroatoms. The van der Waals surface area contributed by atoms with Gasteiger partial charge in [0.1, 0.15) is 19.2 Å². The fourth-order valence-corrected chi connectivity index (χ4v) is 5.29. The molecular weight excluding hydrogens is 374 g/mol. The Morgan fingerprint density at radius 1 is 1.17 bits per heavy atom. The number of rotatable bonds is 5. The van der Waals surface area contributed by atoms with Crippen LogP contribution in [0.15, 0.2) is 12.7 Å². The largest absolute Gasteiger partial charge is 0.466 e. The van der Waals surface area contributed by atoms with Gasteiger partial charge in [0.05, 0.1) is 25.2 Å². The van der Waals surface area contributed by atoms with E-state index < -0.39 is 5.41 Å². The molecule has 0 unspecified atom stereocenters. The van der Waals surface area contributed by atoms with E-state index in [0.717, 1.165) is 52.0 Å². The van der Waals surface area contributed by atoms with E-state index in [9.17, 15) is 9.59 Å². The lowest BCUT2D eigenvalue weighted by Gasteiger charge is -2.52. The van der Waals surface area contributed by atoms with Crippen LogP contribution in [-0.4, -0.2) is 88.5 Å².